The quantitative estimate of drug-likeness (QED) is 0.615. The van der Waals surface area contributed by atoms with Gasteiger partial charge in [0, 0.05) is 24.4 Å². The van der Waals surface area contributed by atoms with Crippen molar-refractivity contribution in [3.8, 4) is 0 Å². The minimum absolute atomic E-state index is 0.0126. The average Bonchev–Trinajstić information content (AvgIpc) is 3.33. The van der Waals surface area contributed by atoms with Crippen LogP contribution in [-0.2, 0) is 26.2 Å². The average molecular weight is 519 g/mol. The van der Waals surface area contributed by atoms with Crippen molar-refractivity contribution in [2.24, 2.45) is 10.4 Å². The number of amides is 2. The van der Waals surface area contributed by atoms with E-state index in [1.807, 2.05) is 18.2 Å². The molecule has 1 aromatic heterocycles. The van der Waals surface area contributed by atoms with Crippen molar-refractivity contribution in [3.05, 3.63) is 59.4 Å². The third-order valence-corrected chi connectivity index (χ3v) is 7.85. The molecule has 9 heteroatoms. The summed E-state index contributed by atoms with van der Waals surface area (Å²) >= 11 is 0. The fourth-order valence-electron chi connectivity index (χ4n) is 6.24. The summed E-state index contributed by atoms with van der Waals surface area (Å²) < 4.78 is 11.0. The normalized spacial score (nSPS) is 26.3. The maximum atomic E-state index is 14.0. The molecule has 1 atom stereocenters. The van der Waals surface area contributed by atoms with Crippen LogP contribution in [0.25, 0.3) is 0 Å². The van der Waals surface area contributed by atoms with E-state index in [4.69, 9.17) is 14.5 Å². The fourth-order valence-corrected chi connectivity index (χ4v) is 6.24. The van der Waals surface area contributed by atoms with Crippen LogP contribution >= 0.6 is 0 Å². The standard InChI is InChI=1S/C29H34N4O5/c1-27(2,3)38-26(36)32-24-16-23(34)29(33-24)21-15-19(31-25(35)22-7-5-6-14-30-22)9-8-18(21)17-28(29)12-10-20(37-4)11-13-28/h5-9,14-15,20H,10-13,16-17H2,1-4H3,(H,31,35)(H,32,33,36). The smallest absolute Gasteiger partial charge is 0.413 e. The molecular formula is C29H34N4O5. The van der Waals surface area contributed by atoms with E-state index >= 15 is 0 Å². The number of amidine groups is 1. The molecule has 0 bridgehead atoms. The van der Waals surface area contributed by atoms with Crippen LogP contribution in [0.15, 0.2) is 47.6 Å². The van der Waals surface area contributed by atoms with E-state index in [2.05, 4.69) is 15.6 Å². The van der Waals surface area contributed by atoms with Gasteiger partial charge in [0.2, 0.25) is 0 Å². The molecule has 2 aromatic rings. The summed E-state index contributed by atoms with van der Waals surface area (Å²) in [7, 11) is 1.72. The predicted octanol–water partition coefficient (Wildman–Crippen LogP) is 4.56. The Hall–Kier alpha value is -3.59. The number of hydrogen-bond donors (Lipinski definition) is 2. The zero-order chi connectivity index (χ0) is 27.1. The number of nitrogens with zero attached hydrogens (tertiary/aromatic N) is 2. The van der Waals surface area contributed by atoms with Gasteiger partial charge in [-0.1, -0.05) is 12.1 Å². The number of ether oxygens (including phenoxy) is 2. The lowest BCUT2D eigenvalue weighted by atomic mass is 9.60. The van der Waals surface area contributed by atoms with Gasteiger partial charge in [0.05, 0.1) is 12.5 Å². The summed E-state index contributed by atoms with van der Waals surface area (Å²) in [4.78, 5) is 48.4. The van der Waals surface area contributed by atoms with Crippen LogP contribution in [0.4, 0.5) is 10.5 Å². The van der Waals surface area contributed by atoms with E-state index in [9.17, 15) is 14.4 Å². The summed E-state index contributed by atoms with van der Waals surface area (Å²) in [6, 6.07) is 10.9. The molecular weight excluding hydrogens is 484 g/mol. The highest BCUT2D eigenvalue weighted by Gasteiger charge is 2.64. The van der Waals surface area contributed by atoms with E-state index in [1.165, 1.54) is 0 Å². The number of carbonyl (C=O) groups excluding carboxylic acids is 3. The minimum atomic E-state index is -1.14. The number of anilines is 1. The molecule has 1 aliphatic heterocycles. The van der Waals surface area contributed by atoms with Crippen molar-refractivity contribution in [1.82, 2.24) is 10.3 Å². The second-order valence-corrected chi connectivity index (χ2v) is 11.4. The second kappa shape index (κ2) is 9.62. The second-order valence-electron chi connectivity index (χ2n) is 11.4. The molecule has 200 valence electrons. The van der Waals surface area contributed by atoms with Gasteiger partial charge in [0.25, 0.3) is 5.91 Å². The number of hydrogen-bond acceptors (Lipinski definition) is 7. The van der Waals surface area contributed by atoms with Crippen LogP contribution in [0.3, 0.4) is 0 Å². The molecule has 2 spiro atoms. The van der Waals surface area contributed by atoms with Gasteiger partial charge in [-0.05, 0) is 88.3 Å². The van der Waals surface area contributed by atoms with Gasteiger partial charge < -0.3 is 14.8 Å². The molecule has 3 aliphatic rings. The number of alkyl carbamates (subject to hydrolysis) is 1. The van der Waals surface area contributed by atoms with E-state index in [-0.39, 0.29) is 24.2 Å². The van der Waals surface area contributed by atoms with Gasteiger partial charge in [0.15, 0.2) is 11.3 Å². The molecule has 5 rings (SSSR count). The van der Waals surface area contributed by atoms with Gasteiger partial charge in [-0.2, -0.15) is 0 Å². The molecule has 2 N–H and O–H groups in total. The van der Waals surface area contributed by atoms with Gasteiger partial charge in [-0.25, -0.2) is 4.79 Å². The number of fused-ring (bicyclic) bond motifs is 3. The number of carbonyl (C=O) groups is 3. The Bertz CT molecular complexity index is 1290. The maximum absolute atomic E-state index is 14.0. The number of rotatable bonds is 3. The zero-order valence-electron chi connectivity index (χ0n) is 22.3. The Labute approximate surface area is 222 Å². The third kappa shape index (κ3) is 4.60. The van der Waals surface area contributed by atoms with Crippen LogP contribution in [-0.4, -0.2) is 47.4 Å². The number of nitrogens with one attached hydrogen (secondary N) is 2. The minimum Gasteiger partial charge on any atom is -0.444 e. The molecule has 0 saturated heterocycles. The number of pyridine rings is 1. The summed E-state index contributed by atoms with van der Waals surface area (Å²) in [5.41, 5.74) is 0.449. The molecule has 1 unspecified atom stereocenters. The number of Topliss-reactive ketones (excluding diaryl/α,β-unsaturated/α-hetero) is 1. The van der Waals surface area contributed by atoms with Gasteiger partial charge in [-0.3, -0.25) is 24.9 Å². The fraction of sp³-hybridized carbons (Fsp3) is 0.483. The number of aliphatic imine (C=N–C) groups is 1. The Kier molecular flexibility index (Phi) is 6.59. The van der Waals surface area contributed by atoms with Gasteiger partial charge in [0.1, 0.15) is 17.1 Å². The number of ketones is 1. The first-order valence-electron chi connectivity index (χ1n) is 13.1. The van der Waals surface area contributed by atoms with Crippen LogP contribution in [0, 0.1) is 5.41 Å². The van der Waals surface area contributed by atoms with Crippen molar-refractivity contribution < 1.29 is 23.9 Å². The molecule has 9 nitrogen and oxygen atoms in total. The Morgan fingerprint density at radius 1 is 1.08 bits per heavy atom. The first-order chi connectivity index (χ1) is 18.0. The predicted molar refractivity (Wildman–Crippen MR) is 142 cm³/mol. The summed E-state index contributed by atoms with van der Waals surface area (Å²) in [5.74, 6) is -0.0684. The van der Waals surface area contributed by atoms with E-state index in [0.29, 0.717) is 23.6 Å². The molecule has 2 heterocycles. The van der Waals surface area contributed by atoms with Crippen LogP contribution < -0.4 is 10.6 Å². The first-order valence-corrected chi connectivity index (χ1v) is 13.1. The van der Waals surface area contributed by atoms with Crippen molar-refractivity contribution >= 4 is 29.3 Å². The molecule has 1 aromatic carbocycles. The topological polar surface area (TPSA) is 119 Å². The highest BCUT2D eigenvalue weighted by atomic mass is 16.6. The lowest BCUT2D eigenvalue weighted by Crippen LogP contribution is -2.48. The Balaban J connectivity index is 1.52. The summed E-state index contributed by atoms with van der Waals surface area (Å²) in [6.45, 7) is 5.35. The molecule has 38 heavy (non-hydrogen) atoms. The molecule has 2 aliphatic carbocycles. The molecule has 1 saturated carbocycles. The Morgan fingerprint density at radius 3 is 2.50 bits per heavy atom. The van der Waals surface area contributed by atoms with E-state index in [0.717, 1.165) is 36.8 Å². The third-order valence-electron chi connectivity index (χ3n) is 7.85. The van der Waals surface area contributed by atoms with Gasteiger partial charge >= 0.3 is 6.09 Å². The number of benzene rings is 1. The van der Waals surface area contributed by atoms with E-state index < -0.39 is 22.6 Å². The first kappa shape index (κ1) is 26.0. The van der Waals surface area contributed by atoms with Crippen molar-refractivity contribution in [3.63, 3.8) is 0 Å². The van der Waals surface area contributed by atoms with Crippen molar-refractivity contribution in [1.29, 1.82) is 0 Å². The lowest BCUT2D eigenvalue weighted by molar-refractivity contribution is -0.128. The largest absolute Gasteiger partial charge is 0.444 e. The monoisotopic (exact) mass is 518 g/mol. The number of aromatic nitrogens is 1. The van der Waals surface area contributed by atoms with Crippen LogP contribution in [0.2, 0.25) is 0 Å². The summed E-state index contributed by atoms with van der Waals surface area (Å²) in [6.07, 6.45) is 4.98. The van der Waals surface area contributed by atoms with E-state index in [1.54, 1.807) is 52.3 Å². The van der Waals surface area contributed by atoms with Crippen molar-refractivity contribution in [2.75, 3.05) is 12.4 Å². The highest BCUT2D eigenvalue weighted by molar-refractivity contribution is 6.15. The lowest BCUT2D eigenvalue weighted by Gasteiger charge is -2.45. The molecule has 1 fully saturated rings. The zero-order valence-corrected chi connectivity index (χ0v) is 22.3. The van der Waals surface area contributed by atoms with Crippen LogP contribution in [0.1, 0.15) is 74.5 Å². The molecule has 2 amide bonds. The van der Waals surface area contributed by atoms with Gasteiger partial charge in [-0.15, -0.1) is 0 Å². The SMILES string of the molecule is COC1CCC2(CC1)Cc1ccc(NC(=O)c3ccccn3)cc1C21N=C(NC(=O)OC(C)(C)C)CC1=O. The molecule has 0 radical (unpaired) electrons. The van der Waals surface area contributed by atoms with Crippen LogP contribution in [0.5, 0.6) is 0 Å². The Morgan fingerprint density at radius 2 is 1.84 bits per heavy atom. The number of methoxy groups -OCH3 is 1. The maximum Gasteiger partial charge on any atom is 0.413 e. The summed E-state index contributed by atoms with van der Waals surface area (Å²) in [5, 5.41) is 5.64. The highest BCUT2D eigenvalue weighted by Crippen LogP contribution is 2.62. The van der Waals surface area contributed by atoms with Crippen molar-refractivity contribution in [2.45, 2.75) is 76.5 Å².